The number of amides is 1. The number of rotatable bonds is 5. The summed E-state index contributed by atoms with van der Waals surface area (Å²) in [6.45, 7) is 1.82. The molecule has 0 aliphatic heterocycles. The highest BCUT2D eigenvalue weighted by molar-refractivity contribution is 8.00. The van der Waals surface area contributed by atoms with Crippen LogP contribution >= 0.6 is 34.4 Å². The first kappa shape index (κ1) is 16.1. The van der Waals surface area contributed by atoms with Crippen molar-refractivity contribution >= 4 is 40.3 Å². The Kier molecular flexibility index (Phi) is 5.04. The lowest BCUT2D eigenvalue weighted by Crippen LogP contribution is -2.27. The van der Waals surface area contributed by atoms with Gasteiger partial charge in [-0.3, -0.25) is 4.79 Å². The van der Waals surface area contributed by atoms with E-state index in [1.807, 2.05) is 41.9 Å². The highest BCUT2D eigenvalue weighted by Crippen LogP contribution is 2.34. The lowest BCUT2D eigenvalue weighted by molar-refractivity contribution is -0.119. The summed E-state index contributed by atoms with van der Waals surface area (Å²) in [7, 11) is 1.62. The molecule has 0 aromatic carbocycles. The summed E-state index contributed by atoms with van der Waals surface area (Å²) in [5, 5.41) is 15.4. The first-order valence-electron chi connectivity index (χ1n) is 6.89. The van der Waals surface area contributed by atoms with Gasteiger partial charge in [0.25, 0.3) is 0 Å². The first-order valence-corrected chi connectivity index (χ1v) is 9.53. The van der Waals surface area contributed by atoms with Crippen molar-refractivity contribution in [2.75, 3.05) is 7.05 Å². The smallest absolute Gasteiger partial charge is 0.233 e. The minimum atomic E-state index is -0.273. The molecule has 3 rings (SSSR count). The standard InChI is InChI=1S/C15H14N4OS3/c1-9(14(20)16-2)23-15-17-12(10-5-3-7-21-10)13(18-19-15)11-6-4-8-22-11/h3-9H,1-2H3,(H,16,20). The van der Waals surface area contributed by atoms with Crippen molar-refractivity contribution in [2.24, 2.45) is 0 Å². The molecule has 0 saturated heterocycles. The Morgan fingerprint density at radius 3 is 2.35 bits per heavy atom. The second kappa shape index (κ2) is 7.20. The Bertz CT molecular complexity index is 787. The van der Waals surface area contributed by atoms with E-state index in [9.17, 15) is 4.79 Å². The molecule has 8 heteroatoms. The fraction of sp³-hybridized carbons (Fsp3) is 0.200. The highest BCUT2D eigenvalue weighted by Gasteiger charge is 2.19. The molecule has 0 aliphatic rings. The zero-order chi connectivity index (χ0) is 16.2. The molecule has 3 heterocycles. The molecule has 3 aromatic rings. The van der Waals surface area contributed by atoms with Gasteiger partial charge < -0.3 is 5.32 Å². The largest absolute Gasteiger partial charge is 0.358 e. The van der Waals surface area contributed by atoms with Crippen LogP contribution in [0.4, 0.5) is 0 Å². The Balaban J connectivity index is 1.99. The van der Waals surface area contributed by atoms with Gasteiger partial charge in [-0.25, -0.2) is 4.98 Å². The number of carbonyl (C=O) groups excluding carboxylic acids is 1. The van der Waals surface area contributed by atoms with Gasteiger partial charge in [0.1, 0.15) is 11.4 Å². The molecular weight excluding hydrogens is 348 g/mol. The van der Waals surface area contributed by atoms with Gasteiger partial charge in [-0.05, 0) is 29.8 Å². The zero-order valence-corrected chi connectivity index (χ0v) is 15.0. The van der Waals surface area contributed by atoms with E-state index in [2.05, 4.69) is 20.5 Å². The van der Waals surface area contributed by atoms with Crippen LogP contribution in [0.15, 0.2) is 40.2 Å². The number of thioether (sulfide) groups is 1. The van der Waals surface area contributed by atoms with Gasteiger partial charge >= 0.3 is 0 Å². The molecule has 0 radical (unpaired) electrons. The second-order valence-electron chi connectivity index (χ2n) is 4.62. The molecule has 0 saturated carbocycles. The van der Waals surface area contributed by atoms with E-state index < -0.39 is 0 Å². The summed E-state index contributed by atoms with van der Waals surface area (Å²) in [6, 6.07) is 7.99. The van der Waals surface area contributed by atoms with E-state index in [0.29, 0.717) is 5.16 Å². The van der Waals surface area contributed by atoms with E-state index in [1.165, 1.54) is 11.8 Å². The zero-order valence-electron chi connectivity index (χ0n) is 12.5. The van der Waals surface area contributed by atoms with Crippen molar-refractivity contribution in [1.82, 2.24) is 20.5 Å². The molecule has 23 heavy (non-hydrogen) atoms. The van der Waals surface area contributed by atoms with E-state index >= 15 is 0 Å². The van der Waals surface area contributed by atoms with Crippen molar-refractivity contribution in [1.29, 1.82) is 0 Å². The van der Waals surface area contributed by atoms with Gasteiger partial charge in [0.05, 0.1) is 15.0 Å². The van der Waals surface area contributed by atoms with Crippen LogP contribution in [0, 0.1) is 0 Å². The molecule has 1 atom stereocenters. The topological polar surface area (TPSA) is 67.8 Å². The van der Waals surface area contributed by atoms with Gasteiger partial charge in [-0.15, -0.1) is 32.9 Å². The quantitative estimate of drug-likeness (QED) is 0.703. The van der Waals surface area contributed by atoms with Crippen LogP contribution in [-0.4, -0.2) is 33.4 Å². The summed E-state index contributed by atoms with van der Waals surface area (Å²) in [4.78, 5) is 18.4. The minimum Gasteiger partial charge on any atom is -0.358 e. The van der Waals surface area contributed by atoms with Crippen molar-refractivity contribution in [3.63, 3.8) is 0 Å². The van der Waals surface area contributed by atoms with Gasteiger partial charge in [-0.1, -0.05) is 23.9 Å². The van der Waals surface area contributed by atoms with Crippen LogP contribution in [-0.2, 0) is 4.79 Å². The van der Waals surface area contributed by atoms with Gasteiger partial charge in [0, 0.05) is 7.05 Å². The molecule has 1 amide bonds. The summed E-state index contributed by atoms with van der Waals surface area (Å²) in [5.41, 5.74) is 1.59. The van der Waals surface area contributed by atoms with Crippen LogP contribution in [0.3, 0.4) is 0 Å². The normalized spacial score (nSPS) is 12.1. The molecular formula is C15H14N4OS3. The fourth-order valence-electron chi connectivity index (χ4n) is 1.94. The fourth-order valence-corrected chi connectivity index (χ4v) is 4.14. The van der Waals surface area contributed by atoms with Crippen LogP contribution < -0.4 is 5.32 Å². The second-order valence-corrected chi connectivity index (χ2v) is 7.82. The van der Waals surface area contributed by atoms with E-state index in [4.69, 9.17) is 0 Å². The summed E-state index contributed by atoms with van der Waals surface area (Å²) >= 11 is 4.52. The van der Waals surface area contributed by atoms with Gasteiger partial charge in [-0.2, -0.15) is 0 Å². The van der Waals surface area contributed by atoms with Crippen LogP contribution in [0.5, 0.6) is 0 Å². The number of thiophene rings is 2. The number of hydrogen-bond acceptors (Lipinski definition) is 7. The number of nitrogens with one attached hydrogen (secondary N) is 1. The Labute approximate surface area is 146 Å². The minimum absolute atomic E-state index is 0.0568. The molecule has 0 fully saturated rings. The molecule has 5 nitrogen and oxygen atoms in total. The van der Waals surface area contributed by atoms with Crippen molar-refractivity contribution in [3.05, 3.63) is 35.0 Å². The monoisotopic (exact) mass is 362 g/mol. The average molecular weight is 363 g/mol. The maximum Gasteiger partial charge on any atom is 0.233 e. The summed E-state index contributed by atoms with van der Waals surface area (Å²) in [6.07, 6.45) is 0. The SMILES string of the molecule is CNC(=O)C(C)Sc1nnc(-c2cccs2)c(-c2cccs2)n1. The van der Waals surface area contributed by atoms with E-state index in [1.54, 1.807) is 29.7 Å². The predicted molar refractivity (Wildman–Crippen MR) is 95.8 cm³/mol. The van der Waals surface area contributed by atoms with Gasteiger partial charge in [0.15, 0.2) is 0 Å². The van der Waals surface area contributed by atoms with Gasteiger partial charge in [0.2, 0.25) is 11.1 Å². The third-order valence-corrected chi connectivity index (χ3v) is 5.78. The lowest BCUT2D eigenvalue weighted by atomic mass is 10.2. The van der Waals surface area contributed by atoms with Crippen molar-refractivity contribution in [2.45, 2.75) is 17.3 Å². The van der Waals surface area contributed by atoms with Crippen LogP contribution in [0.2, 0.25) is 0 Å². The average Bonchev–Trinajstić information content (AvgIpc) is 3.27. The molecule has 1 unspecified atom stereocenters. The summed E-state index contributed by atoms with van der Waals surface area (Å²) < 4.78 is 0. The number of carbonyl (C=O) groups is 1. The number of nitrogens with zero attached hydrogens (tertiary/aromatic N) is 3. The number of aromatic nitrogens is 3. The maximum atomic E-state index is 11.7. The third-order valence-electron chi connectivity index (χ3n) is 3.07. The third kappa shape index (κ3) is 3.60. The predicted octanol–water partition coefficient (Wildman–Crippen LogP) is 3.56. The molecule has 1 N–H and O–H groups in total. The molecule has 3 aromatic heterocycles. The Morgan fingerprint density at radius 1 is 1.13 bits per heavy atom. The van der Waals surface area contributed by atoms with Crippen molar-refractivity contribution in [3.8, 4) is 21.1 Å². The van der Waals surface area contributed by atoms with Crippen molar-refractivity contribution < 1.29 is 4.79 Å². The Morgan fingerprint density at radius 2 is 1.78 bits per heavy atom. The summed E-state index contributed by atoms with van der Waals surface area (Å²) in [5.74, 6) is -0.0568. The molecule has 0 bridgehead atoms. The molecule has 118 valence electrons. The highest BCUT2D eigenvalue weighted by atomic mass is 32.2. The number of hydrogen-bond donors (Lipinski definition) is 1. The first-order chi connectivity index (χ1) is 11.2. The van der Waals surface area contributed by atoms with E-state index in [0.717, 1.165) is 21.1 Å². The molecule has 0 aliphatic carbocycles. The molecule has 0 spiro atoms. The lowest BCUT2D eigenvalue weighted by Gasteiger charge is -2.10. The van der Waals surface area contributed by atoms with Crippen LogP contribution in [0.1, 0.15) is 6.92 Å². The maximum absolute atomic E-state index is 11.7. The van der Waals surface area contributed by atoms with Crippen LogP contribution in [0.25, 0.3) is 21.1 Å². The Hall–Kier alpha value is -1.77. The van der Waals surface area contributed by atoms with E-state index in [-0.39, 0.29) is 11.2 Å².